The molecule has 0 bridgehead atoms. The van der Waals surface area contributed by atoms with Crippen molar-refractivity contribution in [3.05, 3.63) is 70.8 Å². The molecule has 3 heterocycles. The summed E-state index contributed by atoms with van der Waals surface area (Å²) in [5, 5.41) is 0.868. The first-order valence-corrected chi connectivity index (χ1v) is 10.7. The normalized spacial score (nSPS) is 19.0. The smallest absolute Gasteiger partial charge is 0.258 e. The highest BCUT2D eigenvalue weighted by atomic mass is 16.2. The van der Waals surface area contributed by atoms with Gasteiger partial charge in [0.15, 0.2) is 0 Å². The van der Waals surface area contributed by atoms with Crippen molar-refractivity contribution >= 4 is 22.5 Å². The minimum absolute atomic E-state index is 0.0362. The van der Waals surface area contributed by atoms with Gasteiger partial charge in [-0.1, -0.05) is 35.7 Å². The van der Waals surface area contributed by atoms with E-state index in [1.807, 2.05) is 41.3 Å². The average Bonchev–Trinajstić information content (AvgIpc) is 3.09. The van der Waals surface area contributed by atoms with Crippen molar-refractivity contribution in [3.63, 3.8) is 0 Å². The predicted octanol–water partition coefficient (Wildman–Crippen LogP) is 3.68. The summed E-state index contributed by atoms with van der Waals surface area (Å²) >= 11 is 0. The summed E-state index contributed by atoms with van der Waals surface area (Å²) in [6.07, 6.45) is 9.42. The molecule has 5 heteroatoms. The summed E-state index contributed by atoms with van der Waals surface area (Å²) in [4.78, 5) is 22.1. The minimum Gasteiger partial charge on any atom is -0.397 e. The van der Waals surface area contributed by atoms with Crippen LogP contribution in [-0.2, 0) is 6.54 Å². The van der Waals surface area contributed by atoms with Crippen molar-refractivity contribution < 1.29 is 4.79 Å². The van der Waals surface area contributed by atoms with Gasteiger partial charge in [-0.05, 0) is 56.5 Å². The number of nitrogen functional groups attached to an aromatic ring is 1. The summed E-state index contributed by atoms with van der Waals surface area (Å²) in [6.45, 7) is 4.49. The van der Waals surface area contributed by atoms with Crippen molar-refractivity contribution in [1.82, 2.24) is 14.8 Å². The van der Waals surface area contributed by atoms with Crippen molar-refractivity contribution in [3.8, 4) is 0 Å². The minimum atomic E-state index is 0.0362. The second kappa shape index (κ2) is 7.97. The van der Waals surface area contributed by atoms with Gasteiger partial charge in [-0.25, -0.2) is 4.98 Å². The van der Waals surface area contributed by atoms with Gasteiger partial charge < -0.3 is 10.6 Å². The number of pyridine rings is 1. The van der Waals surface area contributed by atoms with E-state index < -0.39 is 0 Å². The fraction of sp³-hybridized carbons (Fsp3) is 0.360. The average molecular weight is 399 g/mol. The van der Waals surface area contributed by atoms with E-state index in [9.17, 15) is 4.79 Å². The number of carbonyl (C=O) groups excluding carboxylic acids is 1. The molecule has 0 unspecified atom stereocenters. The lowest BCUT2D eigenvalue weighted by Gasteiger charge is -2.32. The molecule has 152 valence electrons. The first kappa shape index (κ1) is 18.9. The molecule has 1 fully saturated rings. The molecule has 2 aliphatic heterocycles. The Hall–Kier alpha value is -3.10. The number of carbonyl (C=O) groups is 1. The molecule has 0 atom stereocenters. The van der Waals surface area contributed by atoms with Crippen LogP contribution in [0, 0.1) is 5.92 Å². The summed E-state index contributed by atoms with van der Waals surface area (Å²) in [5.41, 5.74) is 16.6. The summed E-state index contributed by atoms with van der Waals surface area (Å²) in [7, 11) is 0. The third-order valence-electron chi connectivity index (χ3n) is 6.47. The van der Waals surface area contributed by atoms with Gasteiger partial charge in [0.05, 0.1) is 29.0 Å². The number of allylic oxidation sites excluding steroid dienone is 2. The van der Waals surface area contributed by atoms with Gasteiger partial charge in [-0.15, -0.1) is 0 Å². The van der Waals surface area contributed by atoms with Crippen molar-refractivity contribution in [2.75, 3.05) is 31.9 Å². The second-order valence-electron chi connectivity index (χ2n) is 8.42. The summed E-state index contributed by atoms with van der Waals surface area (Å²) < 4.78 is 0. The number of amides is 1. The molecule has 1 saturated heterocycles. The van der Waals surface area contributed by atoms with E-state index in [2.05, 4.69) is 22.4 Å². The van der Waals surface area contributed by atoms with Crippen molar-refractivity contribution in [1.29, 1.82) is 0 Å². The standard InChI is InChI=1S/C25H26N4O/c26-24-20-8-4-5-9-21(20)27-22-17-29(25(30)23(22)24)15-12-18-10-13-28(14-11-18)16-19-6-2-1-3-7-19/h1-2,4-6,8-9,18H,10-17H2,(H2,26,27). The number of hydrogen-bond donors (Lipinski definition) is 1. The van der Waals surface area contributed by atoms with Crippen LogP contribution in [0.25, 0.3) is 10.9 Å². The number of likely N-dealkylation sites (tertiary alicyclic amines) is 1. The monoisotopic (exact) mass is 398 g/mol. The van der Waals surface area contributed by atoms with Crippen molar-refractivity contribution in [2.24, 2.45) is 5.92 Å². The Bertz CT molecular complexity index is 1130. The molecular weight excluding hydrogens is 372 g/mol. The van der Waals surface area contributed by atoms with E-state index in [4.69, 9.17) is 10.7 Å². The highest BCUT2D eigenvalue weighted by Gasteiger charge is 2.32. The van der Waals surface area contributed by atoms with Crippen LogP contribution in [0.2, 0.25) is 0 Å². The van der Waals surface area contributed by atoms with Crippen molar-refractivity contribution in [2.45, 2.75) is 25.8 Å². The van der Waals surface area contributed by atoms with E-state index in [1.54, 1.807) is 0 Å². The van der Waals surface area contributed by atoms with Crippen LogP contribution in [0.1, 0.15) is 35.3 Å². The molecule has 0 saturated carbocycles. The molecule has 30 heavy (non-hydrogen) atoms. The summed E-state index contributed by atoms with van der Waals surface area (Å²) in [6, 6.07) is 7.78. The van der Waals surface area contributed by atoms with Crippen LogP contribution >= 0.6 is 0 Å². The lowest BCUT2D eigenvalue weighted by molar-refractivity contribution is 0.0759. The first-order chi connectivity index (χ1) is 14.7. The van der Waals surface area contributed by atoms with Gasteiger partial charge in [0, 0.05) is 24.0 Å². The third kappa shape index (κ3) is 3.59. The molecule has 0 spiro atoms. The SMILES string of the molecule is Nc1c2c(nc3ccccc13)CN(CCC1CCN(CC3=C=C=CC=C3)CC1)C2=O. The number of anilines is 1. The Balaban J connectivity index is 1.18. The molecule has 2 aromatic rings. The predicted molar refractivity (Wildman–Crippen MR) is 119 cm³/mol. The van der Waals surface area contributed by atoms with E-state index in [0.29, 0.717) is 23.7 Å². The number of aromatic nitrogens is 1. The number of nitrogens with zero attached hydrogens (tertiary/aromatic N) is 3. The fourth-order valence-electron chi connectivity index (χ4n) is 4.73. The van der Waals surface area contributed by atoms with Crippen LogP contribution in [0.4, 0.5) is 5.69 Å². The largest absolute Gasteiger partial charge is 0.397 e. The topological polar surface area (TPSA) is 62.5 Å². The van der Waals surface area contributed by atoms with E-state index >= 15 is 0 Å². The Morgan fingerprint density at radius 1 is 1.20 bits per heavy atom. The Labute approximate surface area is 176 Å². The molecule has 3 aliphatic rings. The van der Waals surface area contributed by atoms with Gasteiger partial charge in [0.25, 0.3) is 5.91 Å². The molecule has 2 N–H and O–H groups in total. The Morgan fingerprint density at radius 2 is 2.03 bits per heavy atom. The Kier molecular flexibility index (Phi) is 5.02. The second-order valence-corrected chi connectivity index (χ2v) is 8.42. The lowest BCUT2D eigenvalue weighted by Crippen LogP contribution is -2.36. The zero-order chi connectivity index (χ0) is 20.5. The zero-order valence-electron chi connectivity index (χ0n) is 17.1. The number of benzene rings is 1. The molecule has 1 aliphatic carbocycles. The molecule has 1 aromatic heterocycles. The van der Waals surface area contributed by atoms with Gasteiger partial charge in [0.1, 0.15) is 0 Å². The summed E-state index contributed by atoms with van der Waals surface area (Å²) in [5.74, 6) is 0.697. The van der Waals surface area contributed by atoms with Gasteiger partial charge in [-0.2, -0.15) is 0 Å². The number of para-hydroxylation sites is 1. The molecule has 5 nitrogen and oxygen atoms in total. The molecule has 1 amide bonds. The Morgan fingerprint density at radius 3 is 2.83 bits per heavy atom. The maximum atomic E-state index is 13.0. The van der Waals surface area contributed by atoms with Crippen LogP contribution in [-0.4, -0.2) is 46.9 Å². The number of piperidine rings is 1. The number of nitrogens with two attached hydrogens (primary N) is 1. The van der Waals surface area contributed by atoms with Gasteiger partial charge in [0.2, 0.25) is 0 Å². The molecule has 0 radical (unpaired) electrons. The molecule has 5 rings (SSSR count). The van der Waals surface area contributed by atoms with Crippen LogP contribution in [0.5, 0.6) is 0 Å². The van der Waals surface area contributed by atoms with E-state index in [0.717, 1.165) is 49.2 Å². The van der Waals surface area contributed by atoms with Gasteiger partial charge >= 0.3 is 0 Å². The third-order valence-corrected chi connectivity index (χ3v) is 6.47. The maximum Gasteiger partial charge on any atom is 0.258 e. The quantitative estimate of drug-likeness (QED) is 0.781. The highest BCUT2D eigenvalue weighted by molar-refractivity contribution is 6.09. The lowest BCUT2D eigenvalue weighted by atomic mass is 9.93. The number of rotatable bonds is 5. The van der Waals surface area contributed by atoms with Gasteiger partial charge in [-0.3, -0.25) is 9.69 Å². The van der Waals surface area contributed by atoms with E-state index in [-0.39, 0.29) is 5.91 Å². The number of fused-ring (bicyclic) bond motifs is 2. The number of hydrogen-bond acceptors (Lipinski definition) is 4. The van der Waals surface area contributed by atoms with Crippen LogP contribution in [0.3, 0.4) is 0 Å². The fourth-order valence-corrected chi connectivity index (χ4v) is 4.73. The molecular formula is C25H26N4O. The highest BCUT2D eigenvalue weighted by Crippen LogP contribution is 2.32. The maximum absolute atomic E-state index is 13.0. The van der Waals surface area contributed by atoms with E-state index in [1.165, 1.54) is 18.4 Å². The molecule has 1 aromatic carbocycles. The van der Waals surface area contributed by atoms with Crippen LogP contribution < -0.4 is 5.73 Å². The first-order valence-electron chi connectivity index (χ1n) is 10.7. The van der Waals surface area contributed by atoms with Crippen LogP contribution in [0.15, 0.2) is 59.5 Å². The zero-order valence-corrected chi connectivity index (χ0v) is 17.1.